The van der Waals surface area contributed by atoms with Crippen molar-refractivity contribution in [3.05, 3.63) is 104 Å². The van der Waals surface area contributed by atoms with Gasteiger partial charge in [-0.25, -0.2) is 0 Å². The van der Waals surface area contributed by atoms with E-state index in [1.807, 2.05) is 31.2 Å². The van der Waals surface area contributed by atoms with E-state index in [9.17, 15) is 19.2 Å². The SMILES string of the molecule is C=CC(=O)Nc1cc(Nc2cc(-c3cccc(NC(=O)c4cc5c(s4)CCCC5)c3C)cn(C)c2=O)ccc1C(=O)N1CCOCC1. The number of carbonyl (C=O) groups is 3. The van der Waals surface area contributed by atoms with E-state index in [2.05, 4.69) is 22.5 Å². The summed E-state index contributed by atoms with van der Waals surface area (Å²) in [7, 11) is 1.68. The average molecular weight is 652 g/mol. The zero-order chi connectivity index (χ0) is 33.1. The summed E-state index contributed by atoms with van der Waals surface area (Å²) in [5, 5.41) is 9.02. The Morgan fingerprint density at radius 1 is 0.957 bits per heavy atom. The number of benzene rings is 2. The zero-order valence-electron chi connectivity index (χ0n) is 26.5. The van der Waals surface area contributed by atoms with Gasteiger partial charge in [-0.15, -0.1) is 11.3 Å². The van der Waals surface area contributed by atoms with Crippen LogP contribution >= 0.6 is 11.3 Å². The first kappa shape index (κ1) is 32.0. The number of nitrogens with zero attached hydrogens (tertiary/aromatic N) is 2. The molecule has 47 heavy (non-hydrogen) atoms. The predicted molar refractivity (Wildman–Crippen MR) is 186 cm³/mol. The monoisotopic (exact) mass is 651 g/mol. The van der Waals surface area contributed by atoms with Crippen LogP contribution in [0, 0.1) is 6.92 Å². The number of anilines is 4. The molecular weight excluding hydrogens is 614 g/mol. The van der Waals surface area contributed by atoms with E-state index in [0.717, 1.165) is 46.9 Å². The van der Waals surface area contributed by atoms with Crippen LogP contribution in [0.15, 0.2) is 72.2 Å². The van der Waals surface area contributed by atoms with E-state index in [1.165, 1.54) is 21.4 Å². The van der Waals surface area contributed by atoms with E-state index in [-0.39, 0.29) is 17.4 Å². The van der Waals surface area contributed by atoms with Crippen molar-refractivity contribution in [3.8, 4) is 11.1 Å². The number of hydrogen-bond donors (Lipinski definition) is 3. The first-order chi connectivity index (χ1) is 22.7. The number of amides is 3. The van der Waals surface area contributed by atoms with Crippen molar-refractivity contribution in [2.24, 2.45) is 7.05 Å². The number of carbonyl (C=O) groups excluding carboxylic acids is 3. The second kappa shape index (κ2) is 13.8. The average Bonchev–Trinajstić information content (AvgIpc) is 3.53. The Morgan fingerprint density at radius 2 is 1.74 bits per heavy atom. The normalized spacial score (nSPS) is 14.2. The van der Waals surface area contributed by atoms with E-state index in [0.29, 0.717) is 54.6 Å². The molecule has 11 heteroatoms. The van der Waals surface area contributed by atoms with Crippen LogP contribution in [-0.4, -0.2) is 53.5 Å². The van der Waals surface area contributed by atoms with Crippen molar-refractivity contribution in [2.75, 3.05) is 42.3 Å². The Kier molecular flexibility index (Phi) is 9.37. The molecule has 3 heterocycles. The Bertz CT molecular complexity index is 1910. The molecule has 3 N–H and O–H groups in total. The molecule has 0 saturated carbocycles. The minimum atomic E-state index is -0.461. The topological polar surface area (TPSA) is 122 Å². The number of thiophene rings is 1. The molecule has 1 aliphatic carbocycles. The van der Waals surface area contributed by atoms with Gasteiger partial charge in [0.1, 0.15) is 5.69 Å². The van der Waals surface area contributed by atoms with Crippen LogP contribution in [-0.2, 0) is 29.4 Å². The number of hydrogen-bond acceptors (Lipinski definition) is 7. The fourth-order valence-corrected chi connectivity index (χ4v) is 7.16. The Hall–Kier alpha value is -5.00. The molecule has 1 saturated heterocycles. The minimum absolute atomic E-state index is 0.123. The highest BCUT2D eigenvalue weighted by atomic mass is 32.1. The van der Waals surface area contributed by atoms with Crippen LogP contribution in [0.2, 0.25) is 0 Å². The molecule has 0 unspecified atom stereocenters. The molecule has 4 aromatic rings. The van der Waals surface area contributed by atoms with Gasteiger partial charge in [-0.2, -0.15) is 0 Å². The van der Waals surface area contributed by atoms with Gasteiger partial charge in [-0.3, -0.25) is 19.2 Å². The lowest BCUT2D eigenvalue weighted by atomic mass is 9.99. The van der Waals surface area contributed by atoms with Gasteiger partial charge in [0.15, 0.2) is 0 Å². The lowest BCUT2D eigenvalue weighted by Gasteiger charge is -2.27. The highest BCUT2D eigenvalue weighted by molar-refractivity contribution is 7.14. The van der Waals surface area contributed by atoms with Crippen molar-refractivity contribution < 1.29 is 19.1 Å². The van der Waals surface area contributed by atoms with Gasteiger partial charge in [0.05, 0.1) is 29.3 Å². The summed E-state index contributed by atoms with van der Waals surface area (Å²) < 4.78 is 6.87. The number of morpholine rings is 1. The molecule has 1 fully saturated rings. The van der Waals surface area contributed by atoms with Gasteiger partial charge in [0.2, 0.25) is 5.91 Å². The summed E-state index contributed by atoms with van der Waals surface area (Å²) in [5.74, 6) is -0.808. The Labute approximate surface area is 277 Å². The summed E-state index contributed by atoms with van der Waals surface area (Å²) in [5.41, 5.74) is 5.66. The van der Waals surface area contributed by atoms with Gasteiger partial charge < -0.3 is 30.2 Å². The number of nitrogens with one attached hydrogen (secondary N) is 3. The van der Waals surface area contributed by atoms with Crippen LogP contribution in [0.4, 0.5) is 22.7 Å². The first-order valence-corrected chi connectivity index (χ1v) is 16.5. The number of pyridine rings is 1. The summed E-state index contributed by atoms with van der Waals surface area (Å²) in [6.07, 6.45) is 7.28. The fourth-order valence-electron chi connectivity index (χ4n) is 6.01. The van der Waals surface area contributed by atoms with E-state index in [1.54, 1.807) is 53.7 Å². The lowest BCUT2D eigenvalue weighted by Crippen LogP contribution is -2.41. The summed E-state index contributed by atoms with van der Waals surface area (Å²) >= 11 is 1.58. The molecule has 0 atom stereocenters. The Morgan fingerprint density at radius 3 is 2.51 bits per heavy atom. The number of aryl methyl sites for hydroxylation is 3. The van der Waals surface area contributed by atoms with Crippen LogP contribution < -0.4 is 21.5 Å². The summed E-state index contributed by atoms with van der Waals surface area (Å²) in [6, 6.07) is 14.5. The number of ether oxygens (including phenoxy) is 1. The van der Waals surface area contributed by atoms with Crippen LogP contribution in [0.1, 0.15) is 48.9 Å². The van der Waals surface area contributed by atoms with Crippen LogP contribution in [0.3, 0.4) is 0 Å². The Balaban J connectivity index is 1.28. The summed E-state index contributed by atoms with van der Waals surface area (Å²) in [6.45, 7) is 7.28. The van der Waals surface area contributed by atoms with Gasteiger partial charge in [-0.1, -0.05) is 18.7 Å². The first-order valence-electron chi connectivity index (χ1n) is 15.7. The van der Waals surface area contributed by atoms with Crippen LogP contribution in [0.25, 0.3) is 11.1 Å². The van der Waals surface area contributed by atoms with Crippen molar-refractivity contribution in [1.82, 2.24) is 9.47 Å². The quantitative estimate of drug-likeness (QED) is 0.204. The van der Waals surface area contributed by atoms with Crippen LogP contribution in [0.5, 0.6) is 0 Å². The van der Waals surface area contributed by atoms with Crippen molar-refractivity contribution >= 4 is 51.8 Å². The highest BCUT2D eigenvalue weighted by Crippen LogP contribution is 2.33. The third-order valence-corrected chi connectivity index (χ3v) is 9.80. The maximum atomic E-state index is 13.3. The molecule has 1 aliphatic heterocycles. The van der Waals surface area contributed by atoms with E-state index < -0.39 is 5.91 Å². The highest BCUT2D eigenvalue weighted by Gasteiger charge is 2.23. The molecule has 2 aromatic carbocycles. The van der Waals surface area contributed by atoms with Crippen molar-refractivity contribution in [2.45, 2.75) is 32.6 Å². The fraction of sp³-hybridized carbons (Fsp3) is 0.278. The zero-order valence-corrected chi connectivity index (χ0v) is 27.3. The van der Waals surface area contributed by atoms with E-state index >= 15 is 0 Å². The minimum Gasteiger partial charge on any atom is -0.378 e. The largest absolute Gasteiger partial charge is 0.378 e. The molecule has 0 radical (unpaired) electrons. The number of rotatable bonds is 8. The molecule has 2 aliphatic rings. The van der Waals surface area contributed by atoms with Crippen molar-refractivity contribution in [1.29, 1.82) is 0 Å². The smallest absolute Gasteiger partial charge is 0.274 e. The molecule has 6 rings (SSSR count). The molecule has 242 valence electrons. The summed E-state index contributed by atoms with van der Waals surface area (Å²) in [4.78, 5) is 55.8. The van der Waals surface area contributed by atoms with Crippen molar-refractivity contribution in [3.63, 3.8) is 0 Å². The number of aromatic nitrogens is 1. The maximum absolute atomic E-state index is 13.3. The van der Waals surface area contributed by atoms with Gasteiger partial charge in [0, 0.05) is 48.1 Å². The van der Waals surface area contributed by atoms with E-state index in [4.69, 9.17) is 4.74 Å². The molecular formula is C36H37N5O5S. The molecule has 0 spiro atoms. The molecule has 0 bridgehead atoms. The van der Waals surface area contributed by atoms with Gasteiger partial charge in [-0.05, 0) is 91.8 Å². The molecule has 2 aromatic heterocycles. The predicted octanol–water partition coefficient (Wildman–Crippen LogP) is 5.89. The molecule has 3 amide bonds. The third kappa shape index (κ3) is 6.91. The number of fused-ring (bicyclic) bond motifs is 1. The second-order valence-corrected chi connectivity index (χ2v) is 12.9. The third-order valence-electron chi connectivity index (χ3n) is 8.57. The molecule has 10 nitrogen and oxygen atoms in total. The van der Waals surface area contributed by atoms with Gasteiger partial charge >= 0.3 is 0 Å². The maximum Gasteiger partial charge on any atom is 0.274 e. The lowest BCUT2D eigenvalue weighted by molar-refractivity contribution is -0.111. The second-order valence-electron chi connectivity index (χ2n) is 11.7. The van der Waals surface area contributed by atoms with Gasteiger partial charge in [0.25, 0.3) is 17.4 Å². The standard InChI is InChI=1S/C36H37N5O5S/c1-4-33(42)38-29-20-25(12-13-27(29)35(44)41-14-16-46-17-15-41)37-30-18-24(21-40(3)36(30)45)26-9-7-10-28(22(26)2)39-34(43)32-19-23-8-5-6-11-31(23)47-32/h4,7,9-10,12-13,18-21,37H,1,5-6,8,11,14-17H2,2-3H3,(H,38,42)(H,39,43).